The van der Waals surface area contributed by atoms with Crippen molar-refractivity contribution < 1.29 is 38.7 Å². The second kappa shape index (κ2) is 25.2. The minimum atomic E-state index is -1.06. The third-order valence-corrected chi connectivity index (χ3v) is 12.5. The first-order valence-corrected chi connectivity index (χ1v) is 22.6. The second-order valence-corrected chi connectivity index (χ2v) is 17.2. The van der Waals surface area contributed by atoms with Gasteiger partial charge >= 0.3 is 0 Å². The van der Waals surface area contributed by atoms with E-state index < -0.39 is 71.6 Å². The number of unbranched alkanes of at least 4 members (excludes halogenated alkanes) is 2. The molecule has 61 heavy (non-hydrogen) atoms. The Hall–Kier alpha value is -4.77. The lowest BCUT2D eigenvalue weighted by atomic mass is 9.82. The first-order valence-electron chi connectivity index (χ1n) is 22.6. The number of phenols is 1. The number of carbonyl (C=O) groups is 7. The molecule has 0 spiro atoms. The first-order chi connectivity index (χ1) is 29.3. The number of phenolic OH excluding ortho intramolecular Hbond substituents is 1. The van der Waals surface area contributed by atoms with Gasteiger partial charge in [-0.05, 0) is 108 Å². The second-order valence-electron chi connectivity index (χ2n) is 17.2. The van der Waals surface area contributed by atoms with E-state index in [0.717, 1.165) is 38.5 Å². The van der Waals surface area contributed by atoms with Gasteiger partial charge in [0.05, 0.1) is 17.8 Å². The van der Waals surface area contributed by atoms with E-state index in [4.69, 9.17) is 17.2 Å². The molecule has 3 aliphatic carbocycles. The van der Waals surface area contributed by atoms with Crippen LogP contribution >= 0.6 is 0 Å². The quantitative estimate of drug-likeness (QED) is 0.0744. The summed E-state index contributed by atoms with van der Waals surface area (Å²) in [6, 6.07) is 2.10. The van der Waals surface area contributed by atoms with E-state index >= 15 is 0 Å². The molecule has 9 atom stereocenters. The zero-order valence-electron chi connectivity index (χ0n) is 35.9. The smallest absolute Gasteiger partial charge is 0.243 e. The van der Waals surface area contributed by atoms with Gasteiger partial charge in [0.1, 0.15) is 23.9 Å². The Kier molecular flexibility index (Phi) is 20.2. The fourth-order valence-electron chi connectivity index (χ4n) is 9.13. The topological polar surface area (TPSA) is 290 Å². The summed E-state index contributed by atoms with van der Waals surface area (Å²) < 4.78 is 0. The van der Waals surface area contributed by atoms with Crippen LogP contribution in [0.5, 0.6) is 5.75 Å². The molecule has 0 aromatic heterocycles. The molecule has 1 aromatic carbocycles. The van der Waals surface area contributed by atoms with E-state index in [1.54, 1.807) is 12.1 Å². The molecule has 17 heteroatoms. The maximum atomic E-state index is 14.3. The van der Waals surface area contributed by atoms with Crippen molar-refractivity contribution >= 4 is 41.4 Å². The fraction of sp³-hybridized carbons (Fsp3) is 0.705. The molecule has 3 saturated carbocycles. The maximum absolute atomic E-state index is 14.3. The Bertz CT molecular complexity index is 1630. The summed E-state index contributed by atoms with van der Waals surface area (Å²) in [6.45, 7) is 2.31. The number of hydrogen-bond acceptors (Lipinski definition) is 10. The molecule has 4 rings (SSSR count). The van der Waals surface area contributed by atoms with E-state index in [-0.39, 0.29) is 35.9 Å². The average Bonchev–Trinajstić information content (AvgIpc) is 3.23. The van der Waals surface area contributed by atoms with Gasteiger partial charge in [-0.15, -0.1) is 0 Å². The fourth-order valence-corrected chi connectivity index (χ4v) is 9.13. The predicted molar refractivity (Wildman–Crippen MR) is 230 cm³/mol. The Balaban J connectivity index is 1.49. The average molecular weight is 854 g/mol. The zero-order chi connectivity index (χ0) is 44.3. The molecule has 0 bridgehead atoms. The Morgan fingerprint density at radius 1 is 0.574 bits per heavy atom. The van der Waals surface area contributed by atoms with E-state index in [9.17, 15) is 38.7 Å². The highest BCUT2D eigenvalue weighted by Crippen LogP contribution is 2.28. The number of nitrogens with one attached hydrogen (secondary N) is 6. The Labute approximate surface area is 360 Å². The van der Waals surface area contributed by atoms with Crippen molar-refractivity contribution in [3.63, 3.8) is 0 Å². The molecule has 4 unspecified atom stereocenters. The number of benzene rings is 1. The van der Waals surface area contributed by atoms with Gasteiger partial charge in [-0.25, -0.2) is 0 Å². The monoisotopic (exact) mass is 854 g/mol. The molecule has 3 fully saturated rings. The molecule has 0 heterocycles. The summed E-state index contributed by atoms with van der Waals surface area (Å²) in [5.74, 6) is -4.52. The van der Waals surface area contributed by atoms with E-state index in [2.05, 4.69) is 31.9 Å². The van der Waals surface area contributed by atoms with Gasteiger partial charge in [0.2, 0.25) is 41.4 Å². The number of carbonyl (C=O) groups excluding carboxylic acids is 7. The van der Waals surface area contributed by atoms with Crippen molar-refractivity contribution in [3.8, 4) is 5.75 Å². The number of amides is 7. The number of rotatable bonds is 22. The minimum absolute atomic E-state index is 0.0479. The van der Waals surface area contributed by atoms with Gasteiger partial charge in [0.15, 0.2) is 0 Å². The minimum Gasteiger partial charge on any atom is -0.508 e. The summed E-state index contributed by atoms with van der Waals surface area (Å²) in [4.78, 5) is 93.9. The normalized spacial score (nSPS) is 24.2. The van der Waals surface area contributed by atoms with Crippen molar-refractivity contribution in [1.82, 2.24) is 31.9 Å². The summed E-state index contributed by atoms with van der Waals surface area (Å²) in [6.07, 6.45) is 11.4. The van der Waals surface area contributed by atoms with Crippen LogP contribution in [0.2, 0.25) is 0 Å². The first kappa shape index (κ1) is 48.9. The van der Waals surface area contributed by atoms with Gasteiger partial charge in [-0.3, -0.25) is 33.6 Å². The van der Waals surface area contributed by atoms with E-state index in [1.807, 2.05) is 0 Å². The van der Waals surface area contributed by atoms with Crippen LogP contribution < -0.4 is 49.1 Å². The number of aromatic hydroxyl groups is 1. The molecule has 3 aliphatic rings. The lowest BCUT2D eigenvalue weighted by Gasteiger charge is -2.35. The lowest BCUT2D eigenvalue weighted by Crippen LogP contribution is -2.59. The SMILES string of the molecule is CC(=O)NC1CCCC[C@@H]1C(=O)N[C@@H](CCCCN)C(=O)NC1CCCC[C@@H]1C(=O)N[C@@H](Cc1ccc(O)cc1)C(=O)NC1CCCC[C@@H]1C(=O)NC(CCCCN)C(N)=O. The van der Waals surface area contributed by atoms with Crippen LogP contribution in [0.3, 0.4) is 0 Å². The molecule has 13 N–H and O–H groups in total. The Morgan fingerprint density at radius 2 is 0.967 bits per heavy atom. The van der Waals surface area contributed by atoms with Crippen molar-refractivity contribution in [3.05, 3.63) is 29.8 Å². The highest BCUT2D eigenvalue weighted by atomic mass is 16.3. The van der Waals surface area contributed by atoms with E-state index in [1.165, 1.54) is 19.1 Å². The van der Waals surface area contributed by atoms with Crippen molar-refractivity contribution in [2.75, 3.05) is 13.1 Å². The largest absolute Gasteiger partial charge is 0.508 e. The van der Waals surface area contributed by atoms with Gasteiger partial charge in [0.25, 0.3) is 0 Å². The van der Waals surface area contributed by atoms with E-state index in [0.29, 0.717) is 95.7 Å². The molecular formula is C44H71N9O8. The summed E-state index contributed by atoms with van der Waals surface area (Å²) >= 11 is 0. The van der Waals surface area contributed by atoms with Crippen molar-refractivity contribution in [2.24, 2.45) is 35.0 Å². The highest BCUT2D eigenvalue weighted by molar-refractivity contribution is 5.92. The van der Waals surface area contributed by atoms with Crippen LogP contribution in [-0.2, 0) is 40.0 Å². The summed E-state index contributed by atoms with van der Waals surface area (Å²) in [7, 11) is 0. The van der Waals surface area contributed by atoms with Crippen LogP contribution in [0, 0.1) is 17.8 Å². The Morgan fingerprint density at radius 3 is 1.41 bits per heavy atom. The molecule has 0 saturated heterocycles. The molecular weight excluding hydrogens is 783 g/mol. The molecule has 340 valence electrons. The summed E-state index contributed by atoms with van der Waals surface area (Å²) in [5, 5.41) is 27.7. The number of hydrogen-bond donors (Lipinski definition) is 10. The molecule has 7 amide bonds. The van der Waals surface area contributed by atoms with Crippen molar-refractivity contribution in [2.45, 2.75) is 165 Å². The zero-order valence-corrected chi connectivity index (χ0v) is 35.9. The highest BCUT2D eigenvalue weighted by Gasteiger charge is 2.39. The van der Waals surface area contributed by atoms with Crippen LogP contribution in [-0.4, -0.2) is 95.8 Å². The van der Waals surface area contributed by atoms with Crippen LogP contribution in [0.25, 0.3) is 0 Å². The lowest BCUT2D eigenvalue weighted by molar-refractivity contribution is -0.136. The van der Waals surface area contributed by atoms with Gasteiger partial charge in [-0.2, -0.15) is 0 Å². The van der Waals surface area contributed by atoms with Crippen LogP contribution in [0.1, 0.15) is 128 Å². The third kappa shape index (κ3) is 15.6. The molecule has 1 aromatic rings. The molecule has 0 radical (unpaired) electrons. The summed E-state index contributed by atoms with van der Waals surface area (Å²) in [5.41, 5.74) is 17.7. The van der Waals surface area contributed by atoms with Crippen molar-refractivity contribution in [1.29, 1.82) is 0 Å². The van der Waals surface area contributed by atoms with Gasteiger partial charge in [-0.1, -0.05) is 50.7 Å². The third-order valence-electron chi connectivity index (χ3n) is 12.5. The maximum Gasteiger partial charge on any atom is 0.243 e. The van der Waals surface area contributed by atoms with Gasteiger partial charge < -0.3 is 54.2 Å². The van der Waals surface area contributed by atoms with Crippen LogP contribution in [0.4, 0.5) is 0 Å². The molecule has 17 nitrogen and oxygen atoms in total. The number of nitrogens with two attached hydrogens (primary N) is 3. The van der Waals surface area contributed by atoms with Crippen LogP contribution in [0.15, 0.2) is 24.3 Å². The number of primary amides is 1. The standard InChI is InChI=1S/C44H71N9O8/c1-27(54)48-33-15-5-2-12-30(33)41(58)52-37(19-9-11-25-46)43(60)49-34-16-6-4-14-32(34)42(59)53-38(26-28-20-22-29(55)23-21-28)44(61)50-35-17-7-3-13-31(35)40(57)51-36(39(47)56)18-8-10-24-45/h20-23,30-38,55H,2-19,24-26,45-46H2,1H3,(H2,47,56)(H,48,54)(H,49,60)(H,50,61)(H,51,57)(H,52,58)(H,53,59)/t30-,31-,32-,33?,34?,35?,36?,37-,38-/m0/s1. The molecule has 0 aliphatic heterocycles. The van der Waals surface area contributed by atoms with Gasteiger partial charge in [0, 0.05) is 31.5 Å². The predicted octanol–water partition coefficient (Wildman–Crippen LogP) is 1.18.